The quantitative estimate of drug-likeness (QED) is 0.688. The van der Waals surface area contributed by atoms with E-state index < -0.39 is 48.4 Å². The molecule has 0 aliphatic carbocycles. The summed E-state index contributed by atoms with van der Waals surface area (Å²) in [5.74, 6) is -0.857. The molecular weight excluding hydrogens is 357 g/mol. The number of hydrogen-bond donors (Lipinski definition) is 0. The number of pyridine rings is 1. The van der Waals surface area contributed by atoms with Crippen LogP contribution in [0.2, 0.25) is 5.02 Å². The maximum atomic E-state index is 13.3. The van der Waals surface area contributed by atoms with Gasteiger partial charge < -0.3 is 4.90 Å². The van der Waals surface area contributed by atoms with Crippen LogP contribution < -0.4 is 10.6 Å². The van der Waals surface area contributed by atoms with Crippen LogP contribution in [0, 0.1) is 0 Å². The van der Waals surface area contributed by atoms with E-state index in [-0.39, 0.29) is 15.6 Å². The van der Waals surface area contributed by atoms with Gasteiger partial charge in [0, 0.05) is 22.2 Å². The average Bonchev–Trinajstić information content (AvgIpc) is 2.59. The molecule has 0 aliphatic rings. The summed E-state index contributed by atoms with van der Waals surface area (Å²) in [6.07, 6.45) is -4.90. The zero-order chi connectivity index (χ0) is 23.4. The summed E-state index contributed by atoms with van der Waals surface area (Å²) in [7, 11) is 0. The number of aromatic nitrogens is 3. The van der Waals surface area contributed by atoms with Gasteiger partial charge in [-0.25, -0.2) is 14.3 Å². The molecule has 0 fully saturated rings. The molecule has 0 spiro atoms. The highest BCUT2D eigenvalue weighted by atomic mass is 35.5. The minimum Gasteiger partial charge on any atom is -0.362 e. The first-order valence-electron chi connectivity index (χ1n) is 9.68. The summed E-state index contributed by atoms with van der Waals surface area (Å²) in [6, 6.07) is 7.00. The molecule has 1 aromatic carbocycles. The number of alkyl halides is 3. The van der Waals surface area contributed by atoms with Gasteiger partial charge in [0.2, 0.25) is 0 Å². The Morgan fingerprint density at radius 1 is 1.16 bits per heavy atom. The normalized spacial score (nSPS) is 16.3. The van der Waals surface area contributed by atoms with Crippen molar-refractivity contribution in [3.05, 3.63) is 57.6 Å². The van der Waals surface area contributed by atoms with Crippen molar-refractivity contribution in [2.75, 3.05) is 18.9 Å². The Balaban J connectivity index is 2.51. The number of halogens is 4. The Labute approximate surface area is 153 Å². The van der Waals surface area contributed by atoms with Crippen molar-refractivity contribution < 1.29 is 21.4 Å². The fraction of sp³-hybridized carbons (Fsp3) is 0.188. The van der Waals surface area contributed by atoms with Gasteiger partial charge in [-0.3, -0.25) is 0 Å². The maximum Gasteiger partial charge on any atom is 0.433 e. The largest absolute Gasteiger partial charge is 0.433 e. The van der Waals surface area contributed by atoms with E-state index in [1.165, 1.54) is 24.3 Å². The number of anilines is 1. The molecule has 3 aromatic rings. The summed E-state index contributed by atoms with van der Waals surface area (Å²) in [4.78, 5) is 19.8. The molecule has 5 nitrogen and oxygen atoms in total. The Morgan fingerprint density at radius 2 is 1.88 bits per heavy atom. The highest BCUT2D eigenvalue weighted by Gasteiger charge is 2.33. The van der Waals surface area contributed by atoms with Crippen LogP contribution >= 0.6 is 11.6 Å². The van der Waals surface area contributed by atoms with Crippen LogP contribution in [-0.4, -0.2) is 28.5 Å². The third-order valence-electron chi connectivity index (χ3n) is 3.32. The van der Waals surface area contributed by atoms with Gasteiger partial charge in [-0.1, -0.05) is 23.7 Å². The molecule has 0 atom stereocenters. The van der Waals surface area contributed by atoms with Gasteiger partial charge in [-0.2, -0.15) is 18.2 Å². The molecule has 0 bridgehead atoms. The minimum absolute atomic E-state index is 0.0249. The predicted octanol–water partition coefficient (Wildman–Crippen LogP) is 3.52. The minimum atomic E-state index is -4.90. The Morgan fingerprint density at radius 3 is 2.52 bits per heavy atom. The summed E-state index contributed by atoms with van der Waals surface area (Å²) in [5, 5.41) is -0.428. The lowest BCUT2D eigenvalue weighted by Gasteiger charge is -2.18. The van der Waals surface area contributed by atoms with Gasteiger partial charge in [-0.05, 0) is 24.3 Å². The zero-order valence-electron chi connectivity index (χ0n) is 18.2. The van der Waals surface area contributed by atoms with E-state index >= 15 is 0 Å². The van der Waals surface area contributed by atoms with Crippen LogP contribution in [0.5, 0.6) is 0 Å². The maximum absolute atomic E-state index is 13.3. The second-order valence-electron chi connectivity index (χ2n) is 4.91. The van der Waals surface area contributed by atoms with Gasteiger partial charge in [0.05, 0.1) is 16.1 Å². The van der Waals surface area contributed by atoms with Crippen LogP contribution in [0.25, 0.3) is 16.7 Å². The molecule has 0 radical (unpaired) electrons. The summed E-state index contributed by atoms with van der Waals surface area (Å²) in [5.41, 5.74) is -3.37. The lowest BCUT2D eigenvalue weighted by Crippen LogP contribution is -2.27. The van der Waals surface area contributed by atoms with E-state index in [1.807, 2.05) is 0 Å². The lowest BCUT2D eigenvalue weighted by atomic mass is 10.2. The second kappa shape index (κ2) is 6.03. The van der Waals surface area contributed by atoms with E-state index in [4.69, 9.17) is 19.8 Å². The SMILES string of the molecule is [2H]C([2H])([2H])N(c1nc(=O)n(-c2ccccc2Cl)c2nc(C(F)(F)F)ccc12)C([2H])([2H])[2H]. The average molecular weight is 375 g/mol. The molecule has 2 heterocycles. The first-order valence-corrected chi connectivity index (χ1v) is 7.06. The molecule has 2 aromatic heterocycles. The molecule has 0 N–H and O–H groups in total. The Hall–Kier alpha value is -2.61. The van der Waals surface area contributed by atoms with Crippen molar-refractivity contribution in [2.24, 2.45) is 0 Å². The molecule has 9 heteroatoms. The number of rotatable bonds is 2. The second-order valence-corrected chi connectivity index (χ2v) is 5.31. The van der Waals surface area contributed by atoms with Crippen LogP contribution in [0.4, 0.5) is 19.0 Å². The molecule has 25 heavy (non-hydrogen) atoms. The fourth-order valence-corrected chi connectivity index (χ4v) is 2.48. The third-order valence-corrected chi connectivity index (χ3v) is 3.64. The van der Waals surface area contributed by atoms with Crippen molar-refractivity contribution in [3.8, 4) is 5.69 Å². The Bertz CT molecular complexity index is 1200. The molecule has 0 unspecified atom stereocenters. The molecule has 3 rings (SSSR count). The van der Waals surface area contributed by atoms with Crippen molar-refractivity contribution in [2.45, 2.75) is 6.18 Å². The number of nitrogens with zero attached hydrogens (tertiary/aromatic N) is 4. The van der Waals surface area contributed by atoms with Gasteiger partial charge in [-0.15, -0.1) is 0 Å². The molecule has 0 amide bonds. The van der Waals surface area contributed by atoms with Crippen LogP contribution in [-0.2, 0) is 6.18 Å². The van der Waals surface area contributed by atoms with E-state index in [1.54, 1.807) is 0 Å². The summed E-state index contributed by atoms with van der Waals surface area (Å²) >= 11 is 6.08. The lowest BCUT2D eigenvalue weighted by molar-refractivity contribution is -0.141. The van der Waals surface area contributed by atoms with Crippen LogP contribution in [0.1, 0.15) is 13.9 Å². The molecule has 130 valence electrons. The van der Waals surface area contributed by atoms with Crippen LogP contribution in [0.15, 0.2) is 41.2 Å². The van der Waals surface area contributed by atoms with E-state index in [0.29, 0.717) is 10.6 Å². The molecule has 0 aliphatic heterocycles. The first-order chi connectivity index (χ1) is 14.1. The number of fused-ring (bicyclic) bond motifs is 1. The van der Waals surface area contributed by atoms with E-state index in [0.717, 1.165) is 6.07 Å². The highest BCUT2D eigenvalue weighted by molar-refractivity contribution is 6.32. The topological polar surface area (TPSA) is 51.0 Å². The smallest absolute Gasteiger partial charge is 0.362 e. The number of hydrogen-bond acceptors (Lipinski definition) is 4. The fourth-order valence-electron chi connectivity index (χ4n) is 2.26. The van der Waals surface area contributed by atoms with Gasteiger partial charge in [0.1, 0.15) is 11.5 Å². The van der Waals surface area contributed by atoms with Gasteiger partial charge >= 0.3 is 11.9 Å². The number of benzene rings is 1. The standard InChI is InChI=1S/C16H12ClF3N4O/c1-23(2)13-9-7-8-12(16(18,19)20)21-14(9)24(15(25)22-13)11-6-4-3-5-10(11)17/h3-8H,1-2H3/i1D3,2D3. The molecular formula is C16H12ClF3N4O. The Kier molecular flexibility index (Phi) is 2.68. The van der Waals surface area contributed by atoms with Gasteiger partial charge in [0.15, 0.2) is 5.65 Å². The van der Waals surface area contributed by atoms with Crippen molar-refractivity contribution in [3.63, 3.8) is 0 Å². The van der Waals surface area contributed by atoms with E-state index in [9.17, 15) is 18.0 Å². The van der Waals surface area contributed by atoms with Crippen molar-refractivity contribution >= 4 is 28.5 Å². The van der Waals surface area contributed by atoms with Gasteiger partial charge in [0.25, 0.3) is 0 Å². The summed E-state index contributed by atoms with van der Waals surface area (Å²) < 4.78 is 85.8. The molecule has 0 saturated heterocycles. The van der Waals surface area contributed by atoms with E-state index in [2.05, 4.69) is 9.97 Å². The summed E-state index contributed by atoms with van der Waals surface area (Å²) in [6.45, 7) is -6.59. The third kappa shape index (κ3) is 3.05. The highest BCUT2D eigenvalue weighted by Crippen LogP contribution is 2.31. The molecule has 0 saturated carbocycles. The van der Waals surface area contributed by atoms with Crippen molar-refractivity contribution in [1.29, 1.82) is 0 Å². The van der Waals surface area contributed by atoms with Crippen LogP contribution in [0.3, 0.4) is 0 Å². The number of para-hydroxylation sites is 1. The van der Waals surface area contributed by atoms with Crippen molar-refractivity contribution in [1.82, 2.24) is 14.5 Å². The first kappa shape index (κ1) is 11.1. The zero-order valence-corrected chi connectivity index (χ0v) is 12.9. The monoisotopic (exact) mass is 374 g/mol. The predicted molar refractivity (Wildman–Crippen MR) is 89.5 cm³/mol.